The van der Waals surface area contributed by atoms with E-state index >= 15 is 0 Å². The standard InChI is InChI=1S/C27H26FN3O3/c1-14(2)25-24(16-9-15(3)26(34-4)21(10-16)27(32)33)20-12-22-17(13-29-30-22)11-23(20)31(25)19-7-5-18(28)6-8-19/h5-14,27,32-33H,1-4H3,(H,29,30). The lowest BCUT2D eigenvalue weighted by atomic mass is 9.93. The first-order valence-electron chi connectivity index (χ1n) is 11.1. The zero-order chi connectivity index (χ0) is 24.1. The fourth-order valence-electron chi connectivity index (χ4n) is 4.88. The number of nitrogens with zero attached hydrogens (tertiary/aromatic N) is 2. The SMILES string of the molecule is COc1c(C)cc(-c2c(C(C)C)n(-c3ccc(F)cc3)c3cc4cn[nH]c4cc23)cc1C(O)O. The molecule has 0 amide bonds. The molecule has 0 aliphatic rings. The number of benzene rings is 3. The number of nitrogens with one attached hydrogen (secondary N) is 1. The monoisotopic (exact) mass is 459 g/mol. The molecule has 34 heavy (non-hydrogen) atoms. The van der Waals surface area contributed by atoms with E-state index < -0.39 is 6.29 Å². The molecule has 0 bridgehead atoms. The van der Waals surface area contributed by atoms with Crippen LogP contribution in [0.4, 0.5) is 4.39 Å². The van der Waals surface area contributed by atoms with Crippen molar-refractivity contribution < 1.29 is 19.3 Å². The lowest BCUT2D eigenvalue weighted by Gasteiger charge is -2.18. The van der Waals surface area contributed by atoms with Gasteiger partial charge in [-0.25, -0.2) is 4.39 Å². The normalized spacial score (nSPS) is 11.9. The molecule has 3 N–H and O–H groups in total. The van der Waals surface area contributed by atoms with Gasteiger partial charge in [-0.1, -0.05) is 13.8 Å². The molecular formula is C27H26FN3O3. The molecule has 3 aromatic carbocycles. The van der Waals surface area contributed by atoms with Gasteiger partial charge in [-0.05, 0) is 72.5 Å². The van der Waals surface area contributed by atoms with Crippen LogP contribution in [0.15, 0.2) is 54.7 Å². The van der Waals surface area contributed by atoms with Gasteiger partial charge in [0.05, 0.1) is 29.9 Å². The maximum Gasteiger partial charge on any atom is 0.182 e. The summed E-state index contributed by atoms with van der Waals surface area (Å²) in [4.78, 5) is 0. The second-order valence-electron chi connectivity index (χ2n) is 8.84. The fraction of sp³-hybridized carbons (Fsp3) is 0.222. The second-order valence-corrected chi connectivity index (χ2v) is 8.84. The third kappa shape index (κ3) is 3.45. The number of H-pyrrole nitrogens is 1. The number of hydrogen-bond acceptors (Lipinski definition) is 4. The first kappa shape index (κ1) is 22.1. The quantitative estimate of drug-likeness (QED) is 0.293. The van der Waals surface area contributed by atoms with Gasteiger partial charge in [0.1, 0.15) is 11.6 Å². The molecule has 0 spiro atoms. The van der Waals surface area contributed by atoms with E-state index in [1.165, 1.54) is 19.2 Å². The Morgan fingerprint density at radius 3 is 2.44 bits per heavy atom. The van der Waals surface area contributed by atoms with E-state index in [0.29, 0.717) is 11.3 Å². The molecule has 5 aromatic rings. The Hall–Kier alpha value is -3.68. The number of aryl methyl sites for hydroxylation is 1. The number of halogens is 1. The van der Waals surface area contributed by atoms with Gasteiger partial charge in [0.2, 0.25) is 0 Å². The maximum atomic E-state index is 13.8. The van der Waals surface area contributed by atoms with Gasteiger partial charge < -0.3 is 19.5 Å². The summed E-state index contributed by atoms with van der Waals surface area (Å²) < 4.78 is 21.4. The van der Waals surface area contributed by atoms with Crippen molar-refractivity contribution in [3.63, 3.8) is 0 Å². The first-order valence-corrected chi connectivity index (χ1v) is 11.1. The van der Waals surface area contributed by atoms with Crippen LogP contribution >= 0.6 is 0 Å². The van der Waals surface area contributed by atoms with Crippen molar-refractivity contribution in [3.8, 4) is 22.6 Å². The van der Waals surface area contributed by atoms with Crippen LogP contribution in [0.2, 0.25) is 0 Å². The van der Waals surface area contributed by atoms with E-state index in [-0.39, 0.29) is 11.7 Å². The summed E-state index contributed by atoms with van der Waals surface area (Å²) in [5.74, 6) is 0.257. The number of aliphatic hydroxyl groups is 2. The summed E-state index contributed by atoms with van der Waals surface area (Å²) in [6, 6.07) is 14.4. The Bertz CT molecular complexity index is 1510. The summed E-state index contributed by atoms with van der Waals surface area (Å²) in [6.45, 7) is 6.11. The van der Waals surface area contributed by atoms with E-state index in [1.54, 1.807) is 24.4 Å². The smallest absolute Gasteiger partial charge is 0.182 e. The molecule has 0 saturated carbocycles. The van der Waals surface area contributed by atoms with Crippen LogP contribution in [0.1, 0.15) is 42.9 Å². The molecule has 0 unspecified atom stereocenters. The van der Waals surface area contributed by atoms with Gasteiger partial charge in [-0.3, -0.25) is 5.10 Å². The van der Waals surface area contributed by atoms with E-state index in [4.69, 9.17) is 4.74 Å². The number of methoxy groups -OCH3 is 1. The molecule has 174 valence electrons. The van der Waals surface area contributed by atoms with Crippen molar-refractivity contribution in [3.05, 3.63) is 77.4 Å². The zero-order valence-corrected chi connectivity index (χ0v) is 19.4. The van der Waals surface area contributed by atoms with Crippen LogP contribution in [-0.2, 0) is 0 Å². The fourth-order valence-corrected chi connectivity index (χ4v) is 4.88. The van der Waals surface area contributed by atoms with Crippen molar-refractivity contribution in [2.24, 2.45) is 0 Å². The number of rotatable bonds is 5. The molecule has 0 aliphatic heterocycles. The van der Waals surface area contributed by atoms with Crippen LogP contribution in [-0.4, -0.2) is 32.1 Å². The van der Waals surface area contributed by atoms with Crippen molar-refractivity contribution >= 4 is 21.8 Å². The number of fused-ring (bicyclic) bond motifs is 2. The minimum absolute atomic E-state index is 0.105. The highest BCUT2D eigenvalue weighted by atomic mass is 19.1. The van der Waals surface area contributed by atoms with Gasteiger partial charge in [0.15, 0.2) is 6.29 Å². The average Bonchev–Trinajstić information content (AvgIpc) is 3.39. The highest BCUT2D eigenvalue weighted by Crippen LogP contribution is 2.44. The van der Waals surface area contributed by atoms with Gasteiger partial charge in [0, 0.05) is 27.7 Å². The van der Waals surface area contributed by atoms with Crippen LogP contribution in [0.5, 0.6) is 5.75 Å². The lowest BCUT2D eigenvalue weighted by Crippen LogP contribution is -2.04. The Morgan fingerprint density at radius 2 is 1.79 bits per heavy atom. The summed E-state index contributed by atoms with van der Waals surface area (Å²) in [6.07, 6.45) is 0.101. The van der Waals surface area contributed by atoms with E-state index in [1.807, 2.05) is 13.0 Å². The van der Waals surface area contributed by atoms with Crippen LogP contribution in [0.25, 0.3) is 38.6 Å². The molecule has 0 saturated heterocycles. The highest BCUT2D eigenvalue weighted by molar-refractivity contribution is 6.06. The Kier molecular flexibility index (Phi) is 5.38. The largest absolute Gasteiger partial charge is 0.496 e. The minimum atomic E-state index is -1.68. The summed E-state index contributed by atoms with van der Waals surface area (Å²) >= 11 is 0. The molecule has 0 fully saturated rings. The number of hydrogen-bond donors (Lipinski definition) is 3. The Balaban J connectivity index is 1.94. The lowest BCUT2D eigenvalue weighted by molar-refractivity contribution is -0.0439. The average molecular weight is 460 g/mol. The van der Waals surface area contributed by atoms with Crippen molar-refractivity contribution in [1.82, 2.24) is 14.8 Å². The van der Waals surface area contributed by atoms with Gasteiger partial charge in [-0.2, -0.15) is 5.10 Å². The highest BCUT2D eigenvalue weighted by Gasteiger charge is 2.25. The molecule has 2 aromatic heterocycles. The van der Waals surface area contributed by atoms with E-state index in [9.17, 15) is 14.6 Å². The third-order valence-corrected chi connectivity index (χ3v) is 6.27. The van der Waals surface area contributed by atoms with Crippen molar-refractivity contribution in [1.29, 1.82) is 0 Å². The third-order valence-electron chi connectivity index (χ3n) is 6.27. The van der Waals surface area contributed by atoms with Gasteiger partial charge in [0.25, 0.3) is 0 Å². The molecular weight excluding hydrogens is 433 g/mol. The molecule has 0 radical (unpaired) electrons. The predicted octanol–water partition coefficient (Wildman–Crippen LogP) is 5.74. The topological polar surface area (TPSA) is 83.3 Å². The number of ether oxygens (including phenoxy) is 1. The first-order chi connectivity index (χ1) is 16.3. The van der Waals surface area contributed by atoms with Crippen molar-refractivity contribution in [2.45, 2.75) is 33.0 Å². The van der Waals surface area contributed by atoms with E-state index in [0.717, 1.165) is 49.9 Å². The molecule has 7 heteroatoms. The molecule has 5 rings (SSSR count). The number of aliphatic hydroxyl groups excluding tert-OH is 1. The van der Waals surface area contributed by atoms with Gasteiger partial charge >= 0.3 is 0 Å². The summed E-state index contributed by atoms with van der Waals surface area (Å²) in [7, 11) is 1.52. The Morgan fingerprint density at radius 1 is 1.06 bits per heavy atom. The van der Waals surface area contributed by atoms with Crippen LogP contribution < -0.4 is 4.74 Å². The maximum absolute atomic E-state index is 13.8. The van der Waals surface area contributed by atoms with Gasteiger partial charge in [-0.15, -0.1) is 0 Å². The van der Waals surface area contributed by atoms with Crippen LogP contribution in [0, 0.1) is 12.7 Å². The number of aromatic amines is 1. The van der Waals surface area contributed by atoms with Crippen molar-refractivity contribution in [2.75, 3.05) is 7.11 Å². The summed E-state index contributed by atoms with van der Waals surface area (Å²) in [5, 5.41) is 29.3. The van der Waals surface area contributed by atoms with E-state index in [2.05, 4.69) is 40.7 Å². The zero-order valence-electron chi connectivity index (χ0n) is 19.4. The minimum Gasteiger partial charge on any atom is -0.496 e. The summed E-state index contributed by atoms with van der Waals surface area (Å²) in [5.41, 5.74) is 6.64. The Labute approximate surface area is 196 Å². The molecule has 0 atom stereocenters. The molecule has 0 aliphatic carbocycles. The molecule has 6 nitrogen and oxygen atoms in total. The van der Waals surface area contributed by atoms with Crippen LogP contribution in [0.3, 0.4) is 0 Å². The second kappa shape index (κ2) is 8.27. The number of aromatic nitrogens is 3. The predicted molar refractivity (Wildman–Crippen MR) is 131 cm³/mol. The molecule has 2 heterocycles.